The van der Waals surface area contributed by atoms with E-state index in [0.29, 0.717) is 19.5 Å². The smallest absolute Gasteiger partial charge is 0.242 e. The van der Waals surface area contributed by atoms with Gasteiger partial charge in [-0.05, 0) is 45.8 Å². The number of rotatable bonds is 7. The summed E-state index contributed by atoms with van der Waals surface area (Å²) < 4.78 is 0. The molecule has 0 saturated carbocycles. The molecule has 0 radical (unpaired) electrons. The highest BCUT2D eigenvalue weighted by atomic mass is 16.2. The van der Waals surface area contributed by atoms with Crippen molar-refractivity contribution in [1.29, 1.82) is 0 Å². The molecular weight excluding hydrogens is 314 g/mol. The van der Waals surface area contributed by atoms with E-state index in [9.17, 15) is 9.59 Å². The zero-order chi connectivity index (χ0) is 18.4. The van der Waals surface area contributed by atoms with E-state index in [-0.39, 0.29) is 23.9 Å². The van der Waals surface area contributed by atoms with Gasteiger partial charge >= 0.3 is 0 Å². The number of likely N-dealkylation sites (N-methyl/N-ethyl adjacent to an activating group) is 1. The van der Waals surface area contributed by atoms with Crippen LogP contribution in [0.5, 0.6) is 0 Å². The third-order valence-corrected chi connectivity index (χ3v) is 4.89. The van der Waals surface area contributed by atoms with Crippen LogP contribution < -0.4 is 5.32 Å². The molecule has 0 aromatic heterocycles. The van der Waals surface area contributed by atoms with E-state index in [4.69, 9.17) is 0 Å². The highest BCUT2D eigenvalue weighted by Crippen LogP contribution is 2.21. The fourth-order valence-corrected chi connectivity index (χ4v) is 3.40. The number of likely N-dealkylation sites (tertiary alicyclic amines) is 1. The molecule has 1 aliphatic rings. The number of hydrogen-bond donors (Lipinski definition) is 1. The van der Waals surface area contributed by atoms with Crippen molar-refractivity contribution >= 4 is 11.8 Å². The van der Waals surface area contributed by atoms with Crippen LogP contribution in [0.4, 0.5) is 0 Å². The summed E-state index contributed by atoms with van der Waals surface area (Å²) in [5, 5.41) is 3.07. The average molecular weight is 345 g/mol. The van der Waals surface area contributed by atoms with Crippen molar-refractivity contribution < 1.29 is 9.59 Å². The molecule has 1 aromatic carbocycles. The maximum atomic E-state index is 12.7. The number of nitrogens with zero attached hydrogens (tertiary/aromatic N) is 2. The first-order chi connectivity index (χ1) is 11.9. The van der Waals surface area contributed by atoms with Crippen LogP contribution in [0.3, 0.4) is 0 Å². The monoisotopic (exact) mass is 345 g/mol. The minimum absolute atomic E-state index is 0.0269. The summed E-state index contributed by atoms with van der Waals surface area (Å²) in [6.45, 7) is 5.30. The van der Waals surface area contributed by atoms with Crippen LogP contribution >= 0.6 is 0 Å². The van der Waals surface area contributed by atoms with Crippen LogP contribution in [-0.4, -0.2) is 54.8 Å². The molecule has 1 aromatic rings. The summed E-state index contributed by atoms with van der Waals surface area (Å²) in [4.78, 5) is 28.7. The van der Waals surface area contributed by atoms with Gasteiger partial charge in [-0.2, -0.15) is 0 Å². The van der Waals surface area contributed by atoms with E-state index in [2.05, 4.69) is 41.4 Å². The SMILES string of the molecule is CCCC(=O)N1CCCC1C(=O)NCC(c1ccc(C)cc1)N(C)C. The van der Waals surface area contributed by atoms with Gasteiger partial charge in [-0.3, -0.25) is 9.59 Å². The van der Waals surface area contributed by atoms with Gasteiger partial charge in [0.25, 0.3) is 0 Å². The lowest BCUT2D eigenvalue weighted by Crippen LogP contribution is -2.47. The second kappa shape index (κ2) is 8.99. The highest BCUT2D eigenvalue weighted by molar-refractivity contribution is 5.88. The number of nitrogens with one attached hydrogen (secondary N) is 1. The summed E-state index contributed by atoms with van der Waals surface area (Å²) in [5.41, 5.74) is 2.41. The van der Waals surface area contributed by atoms with E-state index in [1.807, 2.05) is 21.0 Å². The molecule has 1 heterocycles. The minimum atomic E-state index is -0.306. The first kappa shape index (κ1) is 19.4. The van der Waals surface area contributed by atoms with Crippen molar-refractivity contribution in [3.8, 4) is 0 Å². The second-order valence-corrected chi connectivity index (χ2v) is 7.13. The summed E-state index contributed by atoms with van der Waals surface area (Å²) in [6.07, 6.45) is 3.01. The van der Waals surface area contributed by atoms with E-state index >= 15 is 0 Å². The van der Waals surface area contributed by atoms with Crippen LogP contribution in [0.25, 0.3) is 0 Å². The third kappa shape index (κ3) is 5.05. The Hall–Kier alpha value is -1.88. The zero-order valence-electron chi connectivity index (χ0n) is 15.9. The Bertz CT molecular complexity index is 583. The average Bonchev–Trinajstić information content (AvgIpc) is 3.06. The highest BCUT2D eigenvalue weighted by Gasteiger charge is 2.33. The van der Waals surface area contributed by atoms with Crippen molar-refractivity contribution in [2.24, 2.45) is 0 Å². The van der Waals surface area contributed by atoms with Gasteiger partial charge in [0.05, 0.1) is 6.04 Å². The molecule has 1 saturated heterocycles. The number of carbonyl (C=O) groups is 2. The number of hydrogen-bond acceptors (Lipinski definition) is 3. The lowest BCUT2D eigenvalue weighted by molar-refractivity contribution is -0.138. The molecule has 2 rings (SSSR count). The van der Waals surface area contributed by atoms with Gasteiger partial charge in [0.2, 0.25) is 11.8 Å². The van der Waals surface area contributed by atoms with Crippen LogP contribution in [0.2, 0.25) is 0 Å². The Morgan fingerprint density at radius 3 is 2.56 bits per heavy atom. The van der Waals surface area contributed by atoms with Gasteiger partial charge in [0, 0.05) is 19.5 Å². The Labute approximate surface area is 151 Å². The van der Waals surface area contributed by atoms with Crippen molar-refractivity contribution in [1.82, 2.24) is 15.1 Å². The maximum Gasteiger partial charge on any atom is 0.242 e. The van der Waals surface area contributed by atoms with Gasteiger partial charge in [0.1, 0.15) is 6.04 Å². The van der Waals surface area contributed by atoms with Crippen molar-refractivity contribution in [3.63, 3.8) is 0 Å². The van der Waals surface area contributed by atoms with Crippen LogP contribution in [0.15, 0.2) is 24.3 Å². The van der Waals surface area contributed by atoms with Gasteiger partial charge in [-0.1, -0.05) is 36.8 Å². The second-order valence-electron chi connectivity index (χ2n) is 7.13. The van der Waals surface area contributed by atoms with Crippen molar-refractivity contribution in [2.45, 2.75) is 51.6 Å². The largest absolute Gasteiger partial charge is 0.352 e. The first-order valence-corrected chi connectivity index (χ1v) is 9.24. The zero-order valence-corrected chi connectivity index (χ0v) is 15.9. The molecule has 2 amide bonds. The van der Waals surface area contributed by atoms with E-state index in [1.54, 1.807) is 4.90 Å². The van der Waals surface area contributed by atoms with Gasteiger partial charge < -0.3 is 15.1 Å². The van der Waals surface area contributed by atoms with Crippen molar-refractivity contribution in [2.75, 3.05) is 27.2 Å². The normalized spacial score (nSPS) is 18.4. The molecule has 5 nitrogen and oxygen atoms in total. The van der Waals surface area contributed by atoms with Crippen molar-refractivity contribution in [3.05, 3.63) is 35.4 Å². The van der Waals surface area contributed by atoms with Gasteiger partial charge in [-0.25, -0.2) is 0 Å². The molecule has 1 N–H and O–H groups in total. The standard InChI is InChI=1S/C20H31N3O2/c1-5-7-19(24)23-13-6-8-17(23)20(25)21-14-18(22(3)4)16-11-9-15(2)10-12-16/h9-12,17-18H,5-8,13-14H2,1-4H3,(H,21,25). The lowest BCUT2D eigenvalue weighted by atomic mass is 10.0. The molecule has 0 aliphatic carbocycles. The number of carbonyl (C=O) groups excluding carboxylic acids is 2. The summed E-state index contributed by atoms with van der Waals surface area (Å²) >= 11 is 0. The third-order valence-electron chi connectivity index (χ3n) is 4.89. The van der Waals surface area contributed by atoms with Crippen LogP contribution in [0.1, 0.15) is 49.8 Å². The minimum Gasteiger partial charge on any atom is -0.352 e. The molecule has 1 aliphatic heterocycles. The number of amides is 2. The predicted molar refractivity (Wildman–Crippen MR) is 100 cm³/mol. The number of benzene rings is 1. The molecular formula is C20H31N3O2. The number of aryl methyl sites for hydroxylation is 1. The summed E-state index contributed by atoms with van der Waals surface area (Å²) in [7, 11) is 4.03. The molecule has 25 heavy (non-hydrogen) atoms. The quantitative estimate of drug-likeness (QED) is 0.826. The van der Waals surface area contributed by atoms with E-state index in [0.717, 1.165) is 19.3 Å². The van der Waals surface area contributed by atoms with Crippen LogP contribution in [-0.2, 0) is 9.59 Å². The molecule has 2 unspecified atom stereocenters. The Kier molecular flexibility index (Phi) is 7.00. The Balaban J connectivity index is 1.98. The maximum absolute atomic E-state index is 12.7. The lowest BCUT2D eigenvalue weighted by Gasteiger charge is -2.28. The molecule has 2 atom stereocenters. The molecule has 138 valence electrons. The summed E-state index contributed by atoms with van der Waals surface area (Å²) in [5.74, 6) is 0.0729. The fraction of sp³-hybridized carbons (Fsp3) is 0.600. The van der Waals surface area contributed by atoms with Crippen LogP contribution in [0, 0.1) is 6.92 Å². The summed E-state index contributed by atoms with van der Waals surface area (Å²) in [6, 6.07) is 8.22. The molecule has 5 heteroatoms. The predicted octanol–water partition coefficient (Wildman–Crippen LogP) is 2.51. The van der Waals surface area contributed by atoms with Gasteiger partial charge in [-0.15, -0.1) is 0 Å². The Morgan fingerprint density at radius 2 is 1.96 bits per heavy atom. The molecule has 1 fully saturated rings. The first-order valence-electron chi connectivity index (χ1n) is 9.24. The van der Waals surface area contributed by atoms with Gasteiger partial charge in [0.15, 0.2) is 0 Å². The molecule has 0 bridgehead atoms. The Morgan fingerprint density at radius 1 is 1.28 bits per heavy atom. The van der Waals surface area contributed by atoms with E-state index < -0.39 is 0 Å². The fourth-order valence-electron chi connectivity index (χ4n) is 3.40. The van der Waals surface area contributed by atoms with E-state index in [1.165, 1.54) is 11.1 Å². The molecule has 0 spiro atoms. The topological polar surface area (TPSA) is 52.7 Å².